The molecule has 3 aromatic rings. The molecule has 1 aromatic carbocycles. The van der Waals surface area contributed by atoms with Gasteiger partial charge in [-0.2, -0.15) is 0 Å². The van der Waals surface area contributed by atoms with Gasteiger partial charge in [-0.3, -0.25) is 0 Å². The maximum atomic E-state index is 14.3. The van der Waals surface area contributed by atoms with Crippen LogP contribution in [0.4, 0.5) is 21.6 Å². The first-order chi connectivity index (χ1) is 14.8. The fourth-order valence-corrected chi connectivity index (χ4v) is 4.54. The summed E-state index contributed by atoms with van der Waals surface area (Å²) in [5.74, 6) is 0.434. The van der Waals surface area contributed by atoms with Gasteiger partial charge in [0.1, 0.15) is 11.6 Å². The van der Waals surface area contributed by atoms with Gasteiger partial charge in [-0.1, -0.05) is 13.0 Å². The second-order valence-electron chi connectivity index (χ2n) is 7.98. The Morgan fingerprint density at radius 2 is 1.94 bits per heavy atom. The summed E-state index contributed by atoms with van der Waals surface area (Å²) in [6.07, 6.45) is 9.98. The van der Waals surface area contributed by atoms with Crippen LogP contribution in [0.2, 0.25) is 0 Å². The smallest absolute Gasteiger partial charge is 0.175 e. The van der Waals surface area contributed by atoms with E-state index in [1.807, 2.05) is 24.7 Å². The number of anilines is 3. The van der Waals surface area contributed by atoms with E-state index >= 15 is 0 Å². The van der Waals surface area contributed by atoms with Crippen LogP contribution >= 0.6 is 0 Å². The highest BCUT2D eigenvalue weighted by Gasteiger charge is 2.21. The van der Waals surface area contributed by atoms with Crippen LogP contribution in [0.15, 0.2) is 59.9 Å². The normalized spacial score (nSPS) is 15.3. The summed E-state index contributed by atoms with van der Waals surface area (Å²) < 4.78 is 39.7. The molecule has 8 heteroatoms. The summed E-state index contributed by atoms with van der Waals surface area (Å²) in [4.78, 5) is 6.88. The molecular weight excluding hydrogens is 415 g/mol. The largest absolute Gasteiger partial charge is 0.356 e. The number of nitrogens with zero attached hydrogens (tertiary/aromatic N) is 3. The van der Waals surface area contributed by atoms with Crippen LogP contribution in [0.25, 0.3) is 0 Å². The summed E-state index contributed by atoms with van der Waals surface area (Å²) in [7, 11) is -3.43. The van der Waals surface area contributed by atoms with Gasteiger partial charge < -0.3 is 14.8 Å². The molecule has 0 unspecified atom stereocenters. The Morgan fingerprint density at radius 3 is 2.55 bits per heavy atom. The topological polar surface area (TPSA) is 67.2 Å². The second-order valence-corrected chi connectivity index (χ2v) is 10.00. The number of rotatable bonds is 6. The molecule has 1 fully saturated rings. The fraction of sp³-hybridized carbons (Fsp3) is 0.348. The average Bonchev–Trinajstić information content (AvgIpc) is 3.23. The van der Waals surface area contributed by atoms with E-state index in [0.717, 1.165) is 56.2 Å². The summed E-state index contributed by atoms with van der Waals surface area (Å²) in [6, 6.07) is 10.4. The summed E-state index contributed by atoms with van der Waals surface area (Å²) in [6.45, 7) is 4.00. The average molecular weight is 443 g/mol. The third-order valence-electron chi connectivity index (χ3n) is 5.79. The lowest BCUT2D eigenvalue weighted by atomic mass is 10.0. The number of aryl methyl sites for hydroxylation is 1. The summed E-state index contributed by atoms with van der Waals surface area (Å²) >= 11 is 0. The Bertz CT molecular complexity index is 1150. The number of piperidine rings is 1. The molecule has 0 atom stereocenters. The van der Waals surface area contributed by atoms with Crippen molar-refractivity contribution in [1.82, 2.24) is 9.55 Å². The van der Waals surface area contributed by atoms with Crippen molar-refractivity contribution in [3.63, 3.8) is 0 Å². The van der Waals surface area contributed by atoms with Crippen LogP contribution in [-0.4, -0.2) is 37.3 Å². The van der Waals surface area contributed by atoms with Gasteiger partial charge in [0.2, 0.25) is 0 Å². The van der Waals surface area contributed by atoms with Crippen LogP contribution in [0, 0.1) is 5.82 Å². The predicted octanol–water partition coefficient (Wildman–Crippen LogP) is 4.57. The lowest BCUT2D eigenvalue weighted by Crippen LogP contribution is -2.34. The van der Waals surface area contributed by atoms with Crippen molar-refractivity contribution < 1.29 is 12.8 Å². The molecule has 0 aliphatic carbocycles. The molecule has 0 amide bonds. The standard InChI is InChI=1S/C23H27FN4O2S/c1-3-17-4-7-23(25-15-17)27-12-9-19(10-13-27)28-11-8-18(16-28)26-22-6-5-20(14-21(22)24)31(2,29)30/h4-8,11,14-16,19,26H,3,9-10,12-13H2,1-2H3. The minimum absolute atomic E-state index is 0.0290. The fourth-order valence-electron chi connectivity index (χ4n) is 3.90. The van der Waals surface area contributed by atoms with Crippen LogP contribution in [-0.2, 0) is 16.3 Å². The third-order valence-corrected chi connectivity index (χ3v) is 6.90. The van der Waals surface area contributed by atoms with Crippen LogP contribution in [0.5, 0.6) is 0 Å². The Morgan fingerprint density at radius 1 is 1.16 bits per heavy atom. The molecule has 6 nitrogen and oxygen atoms in total. The molecule has 0 radical (unpaired) electrons. The van der Waals surface area contributed by atoms with Crippen molar-refractivity contribution >= 4 is 27.0 Å². The van der Waals surface area contributed by atoms with Gasteiger partial charge in [0, 0.05) is 44.0 Å². The van der Waals surface area contributed by atoms with Crippen LogP contribution in [0.1, 0.15) is 31.4 Å². The molecule has 1 N–H and O–H groups in total. The molecule has 31 heavy (non-hydrogen) atoms. The molecule has 1 saturated heterocycles. The monoisotopic (exact) mass is 442 g/mol. The molecule has 1 aliphatic rings. The summed E-state index contributed by atoms with van der Waals surface area (Å²) in [5, 5.41) is 3.04. The van der Waals surface area contributed by atoms with E-state index in [4.69, 9.17) is 0 Å². The zero-order valence-electron chi connectivity index (χ0n) is 17.8. The highest BCUT2D eigenvalue weighted by molar-refractivity contribution is 7.90. The molecule has 1 aliphatic heterocycles. The van der Waals surface area contributed by atoms with Gasteiger partial charge in [0.25, 0.3) is 0 Å². The number of pyridine rings is 1. The Labute approximate surface area is 182 Å². The number of halogens is 1. The van der Waals surface area contributed by atoms with Gasteiger partial charge in [-0.25, -0.2) is 17.8 Å². The molecule has 2 aromatic heterocycles. The Balaban J connectivity index is 1.38. The van der Waals surface area contributed by atoms with Gasteiger partial charge in [-0.05, 0) is 55.2 Å². The third kappa shape index (κ3) is 4.90. The van der Waals surface area contributed by atoms with Crippen molar-refractivity contribution in [1.29, 1.82) is 0 Å². The van der Waals surface area contributed by atoms with Crippen LogP contribution in [0.3, 0.4) is 0 Å². The van der Waals surface area contributed by atoms with E-state index in [0.29, 0.717) is 6.04 Å². The molecule has 0 bridgehead atoms. The second kappa shape index (κ2) is 8.70. The van der Waals surface area contributed by atoms with Crippen molar-refractivity contribution in [2.45, 2.75) is 37.1 Å². The number of hydrogen-bond donors (Lipinski definition) is 1. The van der Waals surface area contributed by atoms with E-state index in [1.165, 1.54) is 17.7 Å². The maximum absolute atomic E-state index is 14.3. The van der Waals surface area contributed by atoms with E-state index in [1.54, 1.807) is 0 Å². The molecule has 0 spiro atoms. The lowest BCUT2D eigenvalue weighted by molar-refractivity contribution is 0.396. The molecule has 3 heterocycles. The lowest BCUT2D eigenvalue weighted by Gasteiger charge is -2.33. The predicted molar refractivity (Wildman–Crippen MR) is 121 cm³/mol. The molecule has 164 valence electrons. The van der Waals surface area contributed by atoms with E-state index in [9.17, 15) is 12.8 Å². The molecule has 0 saturated carbocycles. The SMILES string of the molecule is CCc1ccc(N2CCC(n3ccc(Nc4ccc(S(C)(=O)=O)cc4F)c3)CC2)nc1. The Kier molecular flexibility index (Phi) is 6.00. The Hall–Kier alpha value is -2.87. The highest BCUT2D eigenvalue weighted by Crippen LogP contribution is 2.29. The first-order valence-corrected chi connectivity index (χ1v) is 12.4. The number of nitrogens with one attached hydrogen (secondary N) is 1. The molecule has 4 rings (SSSR count). The number of hydrogen-bond acceptors (Lipinski definition) is 5. The zero-order valence-corrected chi connectivity index (χ0v) is 18.6. The zero-order chi connectivity index (χ0) is 22.0. The first-order valence-electron chi connectivity index (χ1n) is 10.5. The van der Waals surface area contributed by atoms with E-state index < -0.39 is 15.7 Å². The van der Waals surface area contributed by atoms with Crippen molar-refractivity contribution in [3.8, 4) is 0 Å². The highest BCUT2D eigenvalue weighted by atomic mass is 32.2. The van der Waals surface area contributed by atoms with Gasteiger partial charge >= 0.3 is 0 Å². The van der Waals surface area contributed by atoms with Crippen molar-refractivity contribution in [3.05, 3.63) is 66.4 Å². The number of sulfone groups is 1. The number of benzene rings is 1. The van der Waals surface area contributed by atoms with E-state index in [2.05, 4.69) is 38.8 Å². The van der Waals surface area contributed by atoms with Crippen molar-refractivity contribution in [2.75, 3.05) is 29.6 Å². The van der Waals surface area contributed by atoms with Gasteiger partial charge in [-0.15, -0.1) is 0 Å². The number of aromatic nitrogens is 2. The van der Waals surface area contributed by atoms with Gasteiger partial charge in [0.15, 0.2) is 9.84 Å². The van der Waals surface area contributed by atoms with Crippen LogP contribution < -0.4 is 10.2 Å². The van der Waals surface area contributed by atoms with Crippen molar-refractivity contribution in [2.24, 2.45) is 0 Å². The minimum atomic E-state index is -3.43. The minimum Gasteiger partial charge on any atom is -0.356 e. The summed E-state index contributed by atoms with van der Waals surface area (Å²) in [5.41, 5.74) is 2.26. The first kappa shape index (κ1) is 21.4. The van der Waals surface area contributed by atoms with Gasteiger partial charge in [0.05, 0.1) is 16.3 Å². The molecular formula is C23H27FN4O2S. The quantitative estimate of drug-likeness (QED) is 0.606. The van der Waals surface area contributed by atoms with E-state index in [-0.39, 0.29) is 10.6 Å². The maximum Gasteiger partial charge on any atom is 0.175 e.